The smallest absolute Gasteiger partial charge is 0.306 e. The fourth-order valence-corrected chi connectivity index (χ4v) is 1.97. The SMILES string of the molecule is COC(=O)CC(C[N+](=O)[O-])c1cccc(OC)c1OC. The Hall–Kier alpha value is -2.31. The first kappa shape index (κ1) is 15.7. The lowest BCUT2D eigenvalue weighted by Crippen LogP contribution is -2.18. The molecule has 1 unspecified atom stereocenters. The predicted molar refractivity (Wildman–Crippen MR) is 70.8 cm³/mol. The number of benzene rings is 1. The van der Waals surface area contributed by atoms with Gasteiger partial charge in [-0.1, -0.05) is 12.1 Å². The normalized spacial score (nSPS) is 11.6. The van der Waals surface area contributed by atoms with Crippen molar-refractivity contribution in [3.63, 3.8) is 0 Å². The van der Waals surface area contributed by atoms with Gasteiger partial charge in [0.1, 0.15) is 0 Å². The van der Waals surface area contributed by atoms with Crippen molar-refractivity contribution in [1.82, 2.24) is 0 Å². The summed E-state index contributed by atoms with van der Waals surface area (Å²) in [6.45, 7) is -0.390. The number of hydrogen-bond acceptors (Lipinski definition) is 6. The van der Waals surface area contributed by atoms with Gasteiger partial charge in [-0.25, -0.2) is 0 Å². The molecule has 0 heterocycles. The summed E-state index contributed by atoms with van der Waals surface area (Å²) in [6, 6.07) is 5.06. The molecule has 0 spiro atoms. The molecule has 0 aliphatic heterocycles. The van der Waals surface area contributed by atoms with Crippen molar-refractivity contribution in [1.29, 1.82) is 0 Å². The Bertz CT molecular complexity index is 488. The minimum atomic E-state index is -0.637. The van der Waals surface area contributed by atoms with Gasteiger partial charge < -0.3 is 14.2 Å². The number of esters is 1. The van der Waals surface area contributed by atoms with Gasteiger partial charge in [-0.15, -0.1) is 0 Å². The van der Waals surface area contributed by atoms with E-state index < -0.39 is 23.4 Å². The van der Waals surface area contributed by atoms with Gasteiger partial charge in [-0.3, -0.25) is 14.9 Å². The number of methoxy groups -OCH3 is 3. The van der Waals surface area contributed by atoms with Crippen LogP contribution >= 0.6 is 0 Å². The molecule has 1 rings (SSSR count). The highest BCUT2D eigenvalue weighted by Crippen LogP contribution is 2.36. The Morgan fingerprint density at radius 1 is 1.30 bits per heavy atom. The molecular weight excluding hydrogens is 266 g/mol. The maximum absolute atomic E-state index is 11.4. The lowest BCUT2D eigenvalue weighted by atomic mass is 9.94. The van der Waals surface area contributed by atoms with Crippen molar-refractivity contribution in [2.75, 3.05) is 27.9 Å². The Balaban J connectivity index is 3.18. The van der Waals surface area contributed by atoms with Crippen LogP contribution in [0.15, 0.2) is 18.2 Å². The van der Waals surface area contributed by atoms with E-state index >= 15 is 0 Å². The highest BCUT2D eigenvalue weighted by Gasteiger charge is 2.26. The second-order valence-corrected chi connectivity index (χ2v) is 4.08. The second-order valence-electron chi connectivity index (χ2n) is 4.08. The van der Waals surface area contributed by atoms with Crippen LogP contribution in [0, 0.1) is 10.1 Å². The molecule has 0 amide bonds. The quantitative estimate of drug-likeness (QED) is 0.429. The largest absolute Gasteiger partial charge is 0.493 e. The minimum absolute atomic E-state index is 0.0962. The fourth-order valence-electron chi connectivity index (χ4n) is 1.97. The van der Waals surface area contributed by atoms with Crippen LogP contribution in [0.5, 0.6) is 11.5 Å². The molecule has 0 bridgehead atoms. The Morgan fingerprint density at radius 3 is 2.50 bits per heavy atom. The number of rotatable bonds is 7. The third-order valence-electron chi connectivity index (χ3n) is 2.88. The van der Waals surface area contributed by atoms with Gasteiger partial charge in [0.25, 0.3) is 0 Å². The predicted octanol–water partition coefficient (Wildman–Crippen LogP) is 1.63. The van der Waals surface area contributed by atoms with E-state index in [2.05, 4.69) is 4.74 Å². The van der Waals surface area contributed by atoms with Gasteiger partial charge in [0.2, 0.25) is 6.54 Å². The van der Waals surface area contributed by atoms with Crippen LogP contribution in [0.4, 0.5) is 0 Å². The van der Waals surface area contributed by atoms with Crippen molar-refractivity contribution in [3.8, 4) is 11.5 Å². The molecule has 1 aromatic rings. The van der Waals surface area contributed by atoms with E-state index in [4.69, 9.17) is 9.47 Å². The zero-order valence-corrected chi connectivity index (χ0v) is 11.6. The summed E-state index contributed by atoms with van der Waals surface area (Å²) in [5, 5.41) is 10.8. The number of ether oxygens (including phenoxy) is 3. The topological polar surface area (TPSA) is 87.9 Å². The average Bonchev–Trinajstić information content (AvgIpc) is 2.44. The molecular formula is C13H17NO6. The zero-order chi connectivity index (χ0) is 15.1. The first-order chi connectivity index (χ1) is 9.53. The minimum Gasteiger partial charge on any atom is -0.493 e. The molecule has 1 atom stereocenters. The maximum atomic E-state index is 11.4. The number of carbonyl (C=O) groups is 1. The third kappa shape index (κ3) is 3.84. The van der Waals surface area contributed by atoms with Crippen LogP contribution in [0.1, 0.15) is 17.9 Å². The highest BCUT2D eigenvalue weighted by atomic mass is 16.6. The lowest BCUT2D eigenvalue weighted by molar-refractivity contribution is -0.483. The van der Waals surface area contributed by atoms with Crippen LogP contribution < -0.4 is 9.47 Å². The Labute approximate surface area is 116 Å². The van der Waals surface area contributed by atoms with Crippen molar-refractivity contribution in [2.45, 2.75) is 12.3 Å². The molecule has 20 heavy (non-hydrogen) atoms. The van der Waals surface area contributed by atoms with Gasteiger partial charge in [0, 0.05) is 10.5 Å². The van der Waals surface area contributed by atoms with Crippen LogP contribution in [-0.2, 0) is 9.53 Å². The van der Waals surface area contributed by atoms with E-state index in [1.54, 1.807) is 18.2 Å². The fraction of sp³-hybridized carbons (Fsp3) is 0.462. The van der Waals surface area contributed by atoms with E-state index in [0.29, 0.717) is 17.1 Å². The first-order valence-corrected chi connectivity index (χ1v) is 5.93. The molecule has 1 aromatic carbocycles. The molecule has 7 nitrogen and oxygen atoms in total. The van der Waals surface area contributed by atoms with Crippen LogP contribution in [0.2, 0.25) is 0 Å². The number of nitro groups is 1. The summed E-state index contributed by atoms with van der Waals surface area (Å²) in [6.07, 6.45) is -0.0962. The maximum Gasteiger partial charge on any atom is 0.306 e. The summed E-state index contributed by atoms with van der Waals surface area (Å²) in [5.74, 6) is -0.293. The highest BCUT2D eigenvalue weighted by molar-refractivity contribution is 5.70. The second kappa shape index (κ2) is 7.32. The van der Waals surface area contributed by atoms with E-state index in [9.17, 15) is 14.9 Å². The summed E-state index contributed by atoms with van der Waals surface area (Å²) in [7, 11) is 4.17. The van der Waals surface area contributed by atoms with E-state index in [0.717, 1.165) is 0 Å². The number of carbonyl (C=O) groups excluding carboxylic acids is 1. The molecule has 0 saturated heterocycles. The van der Waals surface area contributed by atoms with Gasteiger partial charge in [0.05, 0.1) is 33.7 Å². The van der Waals surface area contributed by atoms with Gasteiger partial charge in [0.15, 0.2) is 11.5 Å². The molecule has 0 N–H and O–H groups in total. The molecule has 7 heteroatoms. The zero-order valence-electron chi connectivity index (χ0n) is 11.6. The van der Waals surface area contributed by atoms with Crippen molar-refractivity contribution in [3.05, 3.63) is 33.9 Å². The number of hydrogen-bond donors (Lipinski definition) is 0. The van der Waals surface area contributed by atoms with E-state index in [1.165, 1.54) is 21.3 Å². The monoisotopic (exact) mass is 283 g/mol. The summed E-state index contributed by atoms with van der Waals surface area (Å²) in [4.78, 5) is 21.7. The van der Waals surface area contributed by atoms with E-state index in [1.807, 2.05) is 0 Å². The van der Waals surface area contributed by atoms with Gasteiger partial charge in [-0.05, 0) is 6.07 Å². The number of nitrogens with zero attached hydrogens (tertiary/aromatic N) is 1. The molecule has 0 saturated carbocycles. The average molecular weight is 283 g/mol. The Morgan fingerprint density at radius 2 is 2.00 bits per heavy atom. The lowest BCUT2D eigenvalue weighted by Gasteiger charge is -2.17. The number of para-hydroxylation sites is 1. The van der Waals surface area contributed by atoms with Crippen LogP contribution in [0.3, 0.4) is 0 Å². The van der Waals surface area contributed by atoms with Gasteiger partial charge in [-0.2, -0.15) is 0 Å². The summed E-state index contributed by atoms with van der Waals surface area (Å²) >= 11 is 0. The van der Waals surface area contributed by atoms with Crippen LogP contribution in [0.25, 0.3) is 0 Å². The van der Waals surface area contributed by atoms with Crippen molar-refractivity contribution in [2.24, 2.45) is 0 Å². The molecule has 0 fully saturated rings. The third-order valence-corrected chi connectivity index (χ3v) is 2.88. The van der Waals surface area contributed by atoms with Gasteiger partial charge >= 0.3 is 5.97 Å². The molecule has 0 aliphatic carbocycles. The standard InChI is InChI=1S/C13H17NO6/c1-18-11-6-4-5-10(13(11)20-3)9(8-14(16)17)7-12(15)19-2/h4-6,9H,7-8H2,1-3H3. The van der Waals surface area contributed by atoms with Crippen molar-refractivity contribution >= 4 is 5.97 Å². The molecule has 0 aromatic heterocycles. The van der Waals surface area contributed by atoms with Crippen molar-refractivity contribution < 1.29 is 23.9 Å². The molecule has 0 radical (unpaired) electrons. The summed E-state index contributed by atoms with van der Waals surface area (Å²) in [5.41, 5.74) is 0.550. The Kier molecular flexibility index (Phi) is 5.76. The van der Waals surface area contributed by atoms with E-state index in [-0.39, 0.29) is 6.42 Å². The molecule has 0 aliphatic rings. The summed E-state index contributed by atoms with van der Waals surface area (Å²) < 4.78 is 15.0. The van der Waals surface area contributed by atoms with Crippen LogP contribution in [-0.4, -0.2) is 38.8 Å². The molecule has 110 valence electrons. The first-order valence-electron chi connectivity index (χ1n) is 5.93.